The molecule has 1 amide bonds. The van der Waals surface area contributed by atoms with Gasteiger partial charge >= 0.3 is 6.09 Å². The van der Waals surface area contributed by atoms with Gasteiger partial charge in [-0.25, -0.2) is 4.79 Å². The Labute approximate surface area is 172 Å². The van der Waals surface area contributed by atoms with E-state index < -0.39 is 5.60 Å². The predicted molar refractivity (Wildman–Crippen MR) is 110 cm³/mol. The molecule has 0 radical (unpaired) electrons. The summed E-state index contributed by atoms with van der Waals surface area (Å²) in [6.45, 7) is 10.3. The van der Waals surface area contributed by atoms with E-state index in [0.717, 1.165) is 50.1 Å². The lowest BCUT2D eigenvalue weighted by atomic mass is 10.2. The van der Waals surface area contributed by atoms with Gasteiger partial charge in [0.25, 0.3) is 0 Å². The van der Waals surface area contributed by atoms with E-state index in [1.807, 2.05) is 20.8 Å². The number of hydrogen-bond acceptors (Lipinski definition) is 7. The molecule has 0 aromatic carbocycles. The van der Waals surface area contributed by atoms with Crippen molar-refractivity contribution in [2.45, 2.75) is 71.1 Å². The van der Waals surface area contributed by atoms with Crippen molar-refractivity contribution in [1.82, 2.24) is 29.9 Å². The van der Waals surface area contributed by atoms with Crippen LogP contribution < -0.4 is 5.32 Å². The van der Waals surface area contributed by atoms with Crippen LogP contribution in [-0.4, -0.2) is 81.0 Å². The van der Waals surface area contributed by atoms with Gasteiger partial charge in [0.2, 0.25) is 0 Å². The van der Waals surface area contributed by atoms with Gasteiger partial charge in [-0.15, -0.1) is 10.2 Å². The third kappa shape index (κ3) is 4.64. The van der Waals surface area contributed by atoms with Gasteiger partial charge in [0, 0.05) is 45.6 Å². The van der Waals surface area contributed by atoms with Gasteiger partial charge in [-0.1, -0.05) is 6.42 Å². The van der Waals surface area contributed by atoms with Crippen LogP contribution in [0.2, 0.25) is 0 Å². The van der Waals surface area contributed by atoms with E-state index in [1.165, 1.54) is 19.3 Å². The maximum atomic E-state index is 12.3. The number of guanidine groups is 1. The molecule has 0 bridgehead atoms. The largest absolute Gasteiger partial charge is 0.444 e. The normalized spacial score (nSPS) is 21.9. The van der Waals surface area contributed by atoms with E-state index in [0.29, 0.717) is 19.6 Å². The summed E-state index contributed by atoms with van der Waals surface area (Å²) in [4.78, 5) is 21.1. The average Bonchev–Trinajstić information content (AvgIpc) is 3.16. The third-order valence-corrected chi connectivity index (χ3v) is 5.68. The molecule has 1 atom stereocenters. The Kier molecular flexibility index (Phi) is 5.65. The van der Waals surface area contributed by atoms with Gasteiger partial charge < -0.3 is 24.4 Å². The zero-order chi connectivity index (χ0) is 20.4. The Balaban J connectivity index is 1.26. The first-order chi connectivity index (χ1) is 13.9. The van der Waals surface area contributed by atoms with E-state index in [-0.39, 0.29) is 12.1 Å². The van der Waals surface area contributed by atoms with Crippen LogP contribution in [0, 0.1) is 0 Å². The highest BCUT2D eigenvalue weighted by molar-refractivity contribution is 5.82. The molecule has 9 nitrogen and oxygen atoms in total. The lowest BCUT2D eigenvalue weighted by Crippen LogP contribution is -2.57. The number of aryl methyl sites for hydroxylation is 1. The smallest absolute Gasteiger partial charge is 0.410 e. The topological polar surface area (TPSA) is 87.9 Å². The molecule has 160 valence electrons. The molecular formula is C20H33N7O2. The SMILES string of the molecule is CC(C)(C)OC(=O)N1CCN2C(NCCc3nnc4n3CCCCC4)=NCC2C1. The maximum Gasteiger partial charge on any atom is 0.410 e. The van der Waals surface area contributed by atoms with Crippen molar-refractivity contribution in [3.63, 3.8) is 0 Å². The van der Waals surface area contributed by atoms with Crippen molar-refractivity contribution >= 4 is 12.1 Å². The first kappa shape index (κ1) is 20.0. The molecule has 0 saturated carbocycles. The Hall–Kier alpha value is -2.32. The van der Waals surface area contributed by atoms with Crippen LogP contribution in [0.5, 0.6) is 0 Å². The summed E-state index contributed by atoms with van der Waals surface area (Å²) < 4.78 is 7.81. The van der Waals surface area contributed by atoms with Gasteiger partial charge in [0.1, 0.15) is 17.2 Å². The Bertz CT molecular complexity index is 767. The zero-order valence-corrected chi connectivity index (χ0v) is 17.9. The van der Waals surface area contributed by atoms with Crippen LogP contribution in [0.4, 0.5) is 4.79 Å². The number of nitrogens with one attached hydrogen (secondary N) is 1. The number of carbonyl (C=O) groups excluding carboxylic acids is 1. The van der Waals surface area contributed by atoms with E-state index in [9.17, 15) is 4.79 Å². The predicted octanol–water partition coefficient (Wildman–Crippen LogP) is 1.43. The minimum absolute atomic E-state index is 0.225. The van der Waals surface area contributed by atoms with E-state index in [2.05, 4.69) is 30.0 Å². The molecule has 3 aliphatic heterocycles. The molecule has 1 aromatic rings. The minimum atomic E-state index is -0.465. The highest BCUT2D eigenvalue weighted by Gasteiger charge is 2.36. The van der Waals surface area contributed by atoms with E-state index in [4.69, 9.17) is 4.74 Å². The monoisotopic (exact) mass is 403 g/mol. The lowest BCUT2D eigenvalue weighted by molar-refractivity contribution is 0.0137. The fourth-order valence-corrected chi connectivity index (χ4v) is 4.24. The molecule has 1 N–H and O–H groups in total. The van der Waals surface area contributed by atoms with Crippen molar-refractivity contribution in [2.24, 2.45) is 4.99 Å². The number of aromatic nitrogens is 3. The number of aliphatic imine (C=N–C) groups is 1. The summed E-state index contributed by atoms with van der Waals surface area (Å²) in [6.07, 6.45) is 5.34. The van der Waals surface area contributed by atoms with Crippen molar-refractivity contribution in [3.8, 4) is 0 Å². The molecule has 9 heteroatoms. The molecule has 1 fully saturated rings. The molecule has 4 heterocycles. The maximum absolute atomic E-state index is 12.3. The Morgan fingerprint density at radius 1 is 1.17 bits per heavy atom. The second kappa shape index (κ2) is 8.20. The number of piperazine rings is 1. The number of amides is 1. The van der Waals surface area contributed by atoms with Crippen LogP contribution in [-0.2, 0) is 24.1 Å². The molecule has 0 spiro atoms. The molecule has 4 rings (SSSR count). The van der Waals surface area contributed by atoms with Crippen LogP contribution >= 0.6 is 0 Å². The fraction of sp³-hybridized carbons (Fsp3) is 0.800. The van der Waals surface area contributed by atoms with Gasteiger partial charge in [-0.3, -0.25) is 4.99 Å². The van der Waals surface area contributed by atoms with Crippen LogP contribution in [0.25, 0.3) is 0 Å². The molecule has 29 heavy (non-hydrogen) atoms. The van der Waals surface area contributed by atoms with Crippen molar-refractivity contribution < 1.29 is 9.53 Å². The minimum Gasteiger partial charge on any atom is -0.444 e. The van der Waals surface area contributed by atoms with Crippen molar-refractivity contribution in [2.75, 3.05) is 32.7 Å². The summed E-state index contributed by atoms with van der Waals surface area (Å²) in [5.74, 6) is 3.14. The Morgan fingerprint density at radius 2 is 2.03 bits per heavy atom. The van der Waals surface area contributed by atoms with Crippen LogP contribution in [0.1, 0.15) is 51.7 Å². The van der Waals surface area contributed by atoms with Gasteiger partial charge in [0.05, 0.1) is 12.6 Å². The van der Waals surface area contributed by atoms with Gasteiger partial charge in [-0.2, -0.15) is 0 Å². The summed E-state index contributed by atoms with van der Waals surface area (Å²) in [5.41, 5.74) is -0.465. The van der Waals surface area contributed by atoms with Gasteiger partial charge in [0.15, 0.2) is 5.96 Å². The number of carbonyl (C=O) groups is 1. The number of ether oxygens (including phenoxy) is 1. The number of hydrogen-bond donors (Lipinski definition) is 1. The molecule has 1 unspecified atom stereocenters. The first-order valence-corrected chi connectivity index (χ1v) is 10.8. The van der Waals surface area contributed by atoms with E-state index >= 15 is 0 Å². The molecular weight excluding hydrogens is 370 g/mol. The second-order valence-corrected chi connectivity index (χ2v) is 9.11. The number of fused-ring (bicyclic) bond motifs is 2. The highest BCUT2D eigenvalue weighted by Crippen LogP contribution is 2.19. The molecule has 1 saturated heterocycles. The quantitative estimate of drug-likeness (QED) is 0.821. The van der Waals surface area contributed by atoms with Gasteiger partial charge in [-0.05, 0) is 33.6 Å². The first-order valence-electron chi connectivity index (χ1n) is 10.8. The summed E-state index contributed by atoms with van der Waals surface area (Å²) in [7, 11) is 0. The standard InChI is InChI=1S/C20H33N7O2/c1-20(2,3)29-19(28)25-11-12-26-15(14-25)13-22-18(26)21-9-8-17-24-23-16-7-5-4-6-10-27(16)17/h15H,4-14H2,1-3H3,(H,21,22). The highest BCUT2D eigenvalue weighted by atomic mass is 16.6. The molecule has 0 aliphatic carbocycles. The van der Waals surface area contributed by atoms with E-state index in [1.54, 1.807) is 4.90 Å². The lowest BCUT2D eigenvalue weighted by Gasteiger charge is -2.39. The Morgan fingerprint density at radius 3 is 2.86 bits per heavy atom. The zero-order valence-electron chi connectivity index (χ0n) is 17.9. The number of rotatable bonds is 3. The summed E-state index contributed by atoms with van der Waals surface area (Å²) in [6, 6.07) is 0.225. The third-order valence-electron chi connectivity index (χ3n) is 5.68. The van der Waals surface area contributed by atoms with Crippen molar-refractivity contribution in [3.05, 3.63) is 11.6 Å². The van der Waals surface area contributed by atoms with Crippen LogP contribution in [0.3, 0.4) is 0 Å². The molecule has 1 aromatic heterocycles. The number of nitrogens with zero attached hydrogens (tertiary/aromatic N) is 6. The summed E-state index contributed by atoms with van der Waals surface area (Å²) in [5, 5.41) is 12.3. The fourth-order valence-electron chi connectivity index (χ4n) is 4.24. The van der Waals surface area contributed by atoms with Crippen LogP contribution in [0.15, 0.2) is 4.99 Å². The average molecular weight is 404 g/mol. The summed E-state index contributed by atoms with van der Waals surface area (Å²) >= 11 is 0. The van der Waals surface area contributed by atoms with Crippen molar-refractivity contribution in [1.29, 1.82) is 0 Å². The molecule has 3 aliphatic rings. The second-order valence-electron chi connectivity index (χ2n) is 9.11.